The molecule has 166 valence electrons. The molecule has 2 aromatic rings. The van der Waals surface area contributed by atoms with Crippen molar-refractivity contribution in [2.24, 2.45) is 4.99 Å². The molecular formula is C19H25F2IN4O3S. The highest BCUT2D eigenvalue weighted by molar-refractivity contribution is 14.0. The maximum atomic E-state index is 12.8. The van der Waals surface area contributed by atoms with Gasteiger partial charge in [0, 0.05) is 29.5 Å². The number of alkyl halides is 2. The van der Waals surface area contributed by atoms with Crippen LogP contribution in [0.3, 0.4) is 0 Å². The van der Waals surface area contributed by atoms with E-state index in [1.165, 1.54) is 6.07 Å². The molecule has 0 spiro atoms. The van der Waals surface area contributed by atoms with Crippen molar-refractivity contribution in [2.75, 3.05) is 13.3 Å². The second-order valence-corrected chi connectivity index (χ2v) is 7.46. The first-order chi connectivity index (χ1) is 14.0. The SMILES string of the molecule is CCNC(=NCc1cc2c(cc1OC(F)F)OCO2)NCc1csc(C(C)C)n1.I. The lowest BCUT2D eigenvalue weighted by Gasteiger charge is -2.13. The highest BCUT2D eigenvalue weighted by Gasteiger charge is 2.20. The number of benzene rings is 1. The van der Waals surface area contributed by atoms with Crippen LogP contribution in [0.25, 0.3) is 0 Å². The Morgan fingerprint density at radius 1 is 1.27 bits per heavy atom. The molecule has 0 unspecified atom stereocenters. The predicted octanol–water partition coefficient (Wildman–Crippen LogP) is 4.47. The van der Waals surface area contributed by atoms with E-state index in [1.54, 1.807) is 17.4 Å². The minimum atomic E-state index is -2.94. The van der Waals surface area contributed by atoms with E-state index in [0.29, 0.717) is 42.0 Å². The summed E-state index contributed by atoms with van der Waals surface area (Å²) in [6.07, 6.45) is 0. The smallest absolute Gasteiger partial charge is 0.387 e. The molecule has 1 aromatic heterocycles. The molecule has 0 saturated heterocycles. The number of guanidine groups is 1. The third kappa shape index (κ3) is 6.56. The molecule has 0 bridgehead atoms. The van der Waals surface area contributed by atoms with Gasteiger partial charge in [0.2, 0.25) is 6.79 Å². The number of nitrogens with zero attached hydrogens (tertiary/aromatic N) is 2. The van der Waals surface area contributed by atoms with Gasteiger partial charge in [-0.2, -0.15) is 8.78 Å². The van der Waals surface area contributed by atoms with E-state index in [-0.39, 0.29) is 43.1 Å². The molecule has 11 heteroatoms. The summed E-state index contributed by atoms with van der Waals surface area (Å²) in [7, 11) is 0. The van der Waals surface area contributed by atoms with Gasteiger partial charge in [0.1, 0.15) is 5.75 Å². The number of hydrogen-bond donors (Lipinski definition) is 2. The van der Waals surface area contributed by atoms with Crippen LogP contribution in [-0.2, 0) is 13.1 Å². The van der Waals surface area contributed by atoms with Crippen molar-refractivity contribution in [1.29, 1.82) is 0 Å². The maximum Gasteiger partial charge on any atom is 0.387 e. The van der Waals surface area contributed by atoms with E-state index in [0.717, 1.165) is 10.7 Å². The average Bonchev–Trinajstić information content (AvgIpc) is 3.32. The minimum Gasteiger partial charge on any atom is -0.454 e. The molecule has 1 aromatic carbocycles. The number of aromatic nitrogens is 1. The Kier molecular flexibility index (Phi) is 9.34. The van der Waals surface area contributed by atoms with Gasteiger partial charge in [-0.25, -0.2) is 9.98 Å². The molecule has 0 amide bonds. The van der Waals surface area contributed by atoms with Crippen LogP contribution in [0.5, 0.6) is 17.2 Å². The van der Waals surface area contributed by atoms with Crippen molar-refractivity contribution in [2.45, 2.75) is 46.4 Å². The normalized spacial score (nSPS) is 12.8. The second kappa shape index (κ2) is 11.5. The molecule has 30 heavy (non-hydrogen) atoms. The van der Waals surface area contributed by atoms with Crippen molar-refractivity contribution in [3.8, 4) is 17.2 Å². The van der Waals surface area contributed by atoms with Gasteiger partial charge < -0.3 is 24.8 Å². The number of fused-ring (bicyclic) bond motifs is 1. The van der Waals surface area contributed by atoms with Crippen LogP contribution in [0, 0.1) is 0 Å². The van der Waals surface area contributed by atoms with E-state index < -0.39 is 6.61 Å². The minimum absolute atomic E-state index is 0. The van der Waals surface area contributed by atoms with Crippen molar-refractivity contribution in [1.82, 2.24) is 15.6 Å². The van der Waals surface area contributed by atoms with E-state index in [2.05, 4.69) is 39.2 Å². The topological polar surface area (TPSA) is 77.0 Å². The van der Waals surface area contributed by atoms with Gasteiger partial charge in [0.25, 0.3) is 0 Å². The van der Waals surface area contributed by atoms with Crippen LogP contribution >= 0.6 is 35.3 Å². The van der Waals surface area contributed by atoms with Crippen LogP contribution in [0.2, 0.25) is 0 Å². The van der Waals surface area contributed by atoms with Crippen molar-refractivity contribution in [3.05, 3.63) is 33.8 Å². The molecule has 0 radical (unpaired) electrons. The van der Waals surface area contributed by atoms with Crippen molar-refractivity contribution < 1.29 is 23.0 Å². The summed E-state index contributed by atoms with van der Waals surface area (Å²) in [4.78, 5) is 9.07. The van der Waals surface area contributed by atoms with Gasteiger partial charge in [-0.1, -0.05) is 13.8 Å². The zero-order chi connectivity index (χ0) is 20.8. The molecule has 0 saturated carbocycles. The number of aliphatic imine (C=N–C) groups is 1. The molecule has 7 nitrogen and oxygen atoms in total. The maximum absolute atomic E-state index is 12.8. The van der Waals surface area contributed by atoms with Gasteiger partial charge in [-0.3, -0.25) is 0 Å². The zero-order valence-electron chi connectivity index (χ0n) is 16.9. The Bertz CT molecular complexity index is 864. The second-order valence-electron chi connectivity index (χ2n) is 6.57. The number of hydrogen-bond acceptors (Lipinski definition) is 6. The first-order valence-corrected chi connectivity index (χ1v) is 10.2. The van der Waals surface area contributed by atoms with E-state index in [1.807, 2.05) is 12.3 Å². The van der Waals surface area contributed by atoms with E-state index in [4.69, 9.17) is 9.47 Å². The Labute approximate surface area is 195 Å². The number of rotatable bonds is 8. The standard InChI is InChI=1S/C19H24F2N4O3S.HI/c1-4-22-19(24-8-13-9-29-17(25-13)11(2)3)23-7-12-5-15-16(27-10-26-15)6-14(12)28-18(20)21;/h5-6,9,11,18H,4,7-8,10H2,1-3H3,(H2,22,23,24);1H. The molecule has 0 fully saturated rings. The van der Waals surface area contributed by atoms with Crippen LogP contribution in [0.15, 0.2) is 22.5 Å². The number of nitrogens with one attached hydrogen (secondary N) is 2. The van der Waals surface area contributed by atoms with Crippen LogP contribution in [-0.4, -0.2) is 30.9 Å². The lowest BCUT2D eigenvalue weighted by molar-refractivity contribution is -0.0505. The highest BCUT2D eigenvalue weighted by Crippen LogP contribution is 2.39. The quantitative estimate of drug-likeness (QED) is 0.285. The summed E-state index contributed by atoms with van der Waals surface area (Å²) in [6, 6.07) is 3.02. The Morgan fingerprint density at radius 3 is 2.63 bits per heavy atom. The summed E-state index contributed by atoms with van der Waals surface area (Å²) in [5.41, 5.74) is 1.40. The summed E-state index contributed by atoms with van der Waals surface area (Å²) < 4.78 is 40.7. The highest BCUT2D eigenvalue weighted by atomic mass is 127. The van der Waals surface area contributed by atoms with Crippen LogP contribution in [0.1, 0.15) is 43.0 Å². The molecule has 2 heterocycles. The molecule has 1 aliphatic heterocycles. The first kappa shape index (κ1) is 24.4. The number of halogens is 3. The van der Waals surface area contributed by atoms with Gasteiger partial charge in [-0.05, 0) is 13.0 Å². The fourth-order valence-corrected chi connectivity index (χ4v) is 3.48. The van der Waals surface area contributed by atoms with Crippen LogP contribution < -0.4 is 24.8 Å². The van der Waals surface area contributed by atoms with Gasteiger partial charge >= 0.3 is 6.61 Å². The zero-order valence-corrected chi connectivity index (χ0v) is 20.1. The largest absolute Gasteiger partial charge is 0.454 e. The Morgan fingerprint density at radius 2 is 2.00 bits per heavy atom. The van der Waals surface area contributed by atoms with E-state index in [9.17, 15) is 8.78 Å². The molecule has 2 N–H and O–H groups in total. The lowest BCUT2D eigenvalue weighted by atomic mass is 10.1. The van der Waals surface area contributed by atoms with Gasteiger partial charge in [0.15, 0.2) is 17.5 Å². The van der Waals surface area contributed by atoms with Crippen molar-refractivity contribution >= 4 is 41.3 Å². The third-order valence-corrected chi connectivity index (χ3v) is 5.22. The molecular weight excluding hydrogens is 529 g/mol. The lowest BCUT2D eigenvalue weighted by Crippen LogP contribution is -2.36. The molecule has 0 atom stereocenters. The van der Waals surface area contributed by atoms with Gasteiger partial charge in [0.05, 0.1) is 23.8 Å². The summed E-state index contributed by atoms with van der Waals surface area (Å²) in [5.74, 6) is 1.81. The molecule has 1 aliphatic rings. The van der Waals surface area contributed by atoms with Gasteiger partial charge in [-0.15, -0.1) is 35.3 Å². The number of ether oxygens (including phenoxy) is 3. The summed E-state index contributed by atoms with van der Waals surface area (Å²) in [6.45, 7) is 4.55. The molecule has 3 rings (SSSR count). The number of thiazole rings is 1. The average molecular weight is 554 g/mol. The third-order valence-electron chi connectivity index (χ3n) is 4.02. The van der Waals surface area contributed by atoms with Crippen LogP contribution in [0.4, 0.5) is 8.78 Å². The summed E-state index contributed by atoms with van der Waals surface area (Å²) >= 11 is 1.63. The molecule has 0 aliphatic carbocycles. The van der Waals surface area contributed by atoms with E-state index >= 15 is 0 Å². The Hall–Kier alpha value is -1.89. The Balaban J connectivity index is 0.00000320. The monoisotopic (exact) mass is 554 g/mol. The predicted molar refractivity (Wildman–Crippen MR) is 122 cm³/mol. The van der Waals surface area contributed by atoms with Crippen molar-refractivity contribution in [3.63, 3.8) is 0 Å². The fraction of sp³-hybridized carbons (Fsp3) is 0.474. The fourth-order valence-electron chi connectivity index (χ4n) is 2.64. The summed E-state index contributed by atoms with van der Waals surface area (Å²) in [5, 5.41) is 9.44. The first-order valence-electron chi connectivity index (χ1n) is 9.30.